The van der Waals surface area contributed by atoms with Gasteiger partial charge in [0, 0.05) is 11.3 Å². The van der Waals surface area contributed by atoms with Gasteiger partial charge < -0.3 is 10.1 Å². The summed E-state index contributed by atoms with van der Waals surface area (Å²) in [6.45, 7) is -0.282. The van der Waals surface area contributed by atoms with E-state index in [2.05, 4.69) is 5.32 Å². The minimum atomic E-state index is -4.49. The molecule has 0 saturated heterocycles. The lowest BCUT2D eigenvalue weighted by Crippen LogP contribution is -2.17. The highest BCUT2D eigenvalue weighted by molar-refractivity contribution is 6.32. The first-order valence-electron chi connectivity index (χ1n) is 6.59. The molecule has 0 aliphatic heterocycles. The number of hydrogen-bond acceptors (Lipinski definition) is 3. The summed E-state index contributed by atoms with van der Waals surface area (Å²) < 4.78 is 43.6. The fourth-order valence-corrected chi connectivity index (χ4v) is 2.26. The molecular weight excluding hydrogens is 331 g/mol. The van der Waals surface area contributed by atoms with Crippen molar-refractivity contribution in [1.82, 2.24) is 0 Å². The van der Waals surface area contributed by atoms with Gasteiger partial charge in [-0.15, -0.1) is 0 Å². The third-order valence-electron chi connectivity index (χ3n) is 3.15. The molecule has 7 heteroatoms. The van der Waals surface area contributed by atoms with Gasteiger partial charge in [0.05, 0.1) is 24.2 Å². The van der Waals surface area contributed by atoms with E-state index in [0.717, 1.165) is 6.07 Å². The van der Waals surface area contributed by atoms with Crippen molar-refractivity contribution in [3.63, 3.8) is 0 Å². The average molecular weight is 344 g/mol. The van der Waals surface area contributed by atoms with E-state index in [-0.39, 0.29) is 28.6 Å². The Bertz CT molecular complexity index is 717. The largest absolute Gasteiger partial charge is 0.495 e. The molecule has 0 bridgehead atoms. The van der Waals surface area contributed by atoms with Gasteiger partial charge in [0.25, 0.3) is 0 Å². The number of hydrogen-bond donors (Lipinski definition) is 1. The van der Waals surface area contributed by atoms with E-state index in [1.165, 1.54) is 43.5 Å². The molecule has 0 fully saturated rings. The van der Waals surface area contributed by atoms with E-state index in [1.807, 2.05) is 0 Å². The summed E-state index contributed by atoms with van der Waals surface area (Å²) in [5, 5.41) is 2.78. The number of anilines is 1. The Labute approximate surface area is 136 Å². The quantitative estimate of drug-likeness (QED) is 0.802. The molecule has 122 valence electrons. The normalized spacial score (nSPS) is 11.2. The standard InChI is InChI=1S/C16H13ClF3NO2/c1-23-15-7-6-10(8-12(15)17)14(22)9-21-13-5-3-2-4-11(13)16(18,19)20/h2-8,21H,9H2,1H3. The van der Waals surface area contributed by atoms with Crippen LogP contribution in [0.5, 0.6) is 5.75 Å². The predicted octanol–water partition coefficient (Wildman–Crippen LogP) is 4.66. The van der Waals surface area contributed by atoms with Gasteiger partial charge in [-0.3, -0.25) is 4.79 Å². The van der Waals surface area contributed by atoms with Gasteiger partial charge in [0.2, 0.25) is 0 Å². The lowest BCUT2D eigenvalue weighted by Gasteiger charge is -2.14. The third kappa shape index (κ3) is 4.16. The Morgan fingerprint density at radius 2 is 1.91 bits per heavy atom. The Morgan fingerprint density at radius 3 is 2.52 bits per heavy atom. The van der Waals surface area contributed by atoms with Crippen LogP contribution >= 0.6 is 11.6 Å². The molecule has 2 rings (SSSR count). The van der Waals surface area contributed by atoms with Crippen molar-refractivity contribution >= 4 is 23.1 Å². The minimum absolute atomic E-state index is 0.145. The van der Waals surface area contributed by atoms with Gasteiger partial charge in [-0.05, 0) is 30.3 Å². The summed E-state index contributed by atoms with van der Waals surface area (Å²) >= 11 is 5.93. The van der Waals surface area contributed by atoms with Crippen LogP contribution in [-0.4, -0.2) is 19.4 Å². The first-order valence-corrected chi connectivity index (χ1v) is 6.97. The molecule has 23 heavy (non-hydrogen) atoms. The number of ether oxygens (including phenoxy) is 1. The summed E-state index contributed by atoms with van der Waals surface area (Å²) in [7, 11) is 1.44. The summed E-state index contributed by atoms with van der Waals surface area (Å²) in [6.07, 6.45) is -4.49. The van der Waals surface area contributed by atoms with Gasteiger partial charge in [-0.2, -0.15) is 13.2 Å². The molecule has 3 nitrogen and oxygen atoms in total. The predicted molar refractivity (Wildman–Crippen MR) is 82.3 cm³/mol. The molecule has 2 aromatic carbocycles. The lowest BCUT2D eigenvalue weighted by atomic mass is 10.1. The molecule has 0 heterocycles. The van der Waals surface area contributed by atoms with E-state index in [1.54, 1.807) is 0 Å². The van der Waals surface area contributed by atoms with Crippen molar-refractivity contribution in [2.45, 2.75) is 6.18 Å². The zero-order valence-electron chi connectivity index (χ0n) is 12.1. The van der Waals surface area contributed by atoms with Crippen LogP contribution < -0.4 is 10.1 Å². The summed E-state index contributed by atoms with van der Waals surface area (Å²) in [4.78, 5) is 12.1. The number of rotatable bonds is 5. The van der Waals surface area contributed by atoms with Crippen LogP contribution in [0.25, 0.3) is 0 Å². The molecular formula is C16H13ClF3NO2. The van der Waals surface area contributed by atoms with Crippen LogP contribution in [0.15, 0.2) is 42.5 Å². The number of halogens is 4. The first kappa shape index (κ1) is 17.1. The molecule has 1 N–H and O–H groups in total. The van der Waals surface area contributed by atoms with Crippen LogP contribution in [0.2, 0.25) is 5.02 Å². The van der Waals surface area contributed by atoms with E-state index in [9.17, 15) is 18.0 Å². The number of para-hydroxylation sites is 1. The van der Waals surface area contributed by atoms with Gasteiger partial charge >= 0.3 is 6.18 Å². The number of benzene rings is 2. The lowest BCUT2D eigenvalue weighted by molar-refractivity contribution is -0.136. The van der Waals surface area contributed by atoms with Gasteiger partial charge in [0.15, 0.2) is 5.78 Å². The molecule has 0 aliphatic carbocycles. The van der Waals surface area contributed by atoms with Gasteiger partial charge in [-0.25, -0.2) is 0 Å². The third-order valence-corrected chi connectivity index (χ3v) is 3.44. The second-order valence-corrected chi connectivity index (χ2v) is 5.08. The molecule has 2 aromatic rings. The SMILES string of the molecule is COc1ccc(C(=O)CNc2ccccc2C(F)(F)F)cc1Cl. The zero-order valence-corrected chi connectivity index (χ0v) is 12.8. The van der Waals surface area contributed by atoms with Crippen LogP contribution in [0.1, 0.15) is 15.9 Å². The Hall–Kier alpha value is -2.21. The van der Waals surface area contributed by atoms with E-state index in [0.29, 0.717) is 5.75 Å². The monoisotopic (exact) mass is 343 g/mol. The van der Waals surface area contributed by atoms with E-state index in [4.69, 9.17) is 16.3 Å². The number of methoxy groups -OCH3 is 1. The molecule has 0 aromatic heterocycles. The maximum atomic E-state index is 12.9. The molecule has 0 saturated carbocycles. The molecule has 0 aliphatic rings. The van der Waals surface area contributed by atoms with Crippen molar-refractivity contribution in [3.05, 3.63) is 58.6 Å². The summed E-state index contributed by atoms with van der Waals surface area (Å²) in [6, 6.07) is 9.43. The Balaban J connectivity index is 2.13. The Kier molecular flexibility index (Phi) is 5.15. The van der Waals surface area contributed by atoms with E-state index >= 15 is 0 Å². The van der Waals surface area contributed by atoms with Crippen molar-refractivity contribution in [1.29, 1.82) is 0 Å². The number of alkyl halides is 3. The minimum Gasteiger partial charge on any atom is -0.495 e. The maximum Gasteiger partial charge on any atom is 0.418 e. The molecule has 0 atom stereocenters. The fraction of sp³-hybridized carbons (Fsp3) is 0.188. The maximum absolute atomic E-state index is 12.9. The number of ketones is 1. The van der Waals surface area contributed by atoms with Gasteiger partial charge in [-0.1, -0.05) is 23.7 Å². The topological polar surface area (TPSA) is 38.3 Å². The summed E-state index contributed by atoms with van der Waals surface area (Å²) in [5.41, 5.74) is -0.679. The van der Waals surface area contributed by atoms with E-state index < -0.39 is 11.7 Å². The Morgan fingerprint density at radius 1 is 1.22 bits per heavy atom. The molecule has 0 spiro atoms. The van der Waals surface area contributed by atoms with Crippen molar-refractivity contribution < 1.29 is 22.7 Å². The van der Waals surface area contributed by atoms with Gasteiger partial charge in [0.1, 0.15) is 5.75 Å². The highest BCUT2D eigenvalue weighted by Crippen LogP contribution is 2.34. The second-order valence-electron chi connectivity index (χ2n) is 4.67. The van der Waals surface area contributed by atoms with Crippen LogP contribution in [0, 0.1) is 0 Å². The number of Topliss-reactive ketones (excluding diaryl/α,β-unsaturated/α-hetero) is 1. The average Bonchev–Trinajstić information content (AvgIpc) is 2.52. The van der Waals surface area contributed by atoms with Crippen LogP contribution in [0.3, 0.4) is 0 Å². The summed E-state index contributed by atoms with van der Waals surface area (Å²) in [5.74, 6) is 0.0325. The van der Waals surface area contributed by atoms with Crippen molar-refractivity contribution in [2.75, 3.05) is 19.0 Å². The molecule has 0 radical (unpaired) electrons. The van der Waals surface area contributed by atoms with Crippen molar-refractivity contribution in [3.8, 4) is 5.75 Å². The zero-order chi connectivity index (χ0) is 17.0. The molecule has 0 amide bonds. The van der Waals surface area contributed by atoms with Crippen molar-refractivity contribution in [2.24, 2.45) is 0 Å². The second kappa shape index (κ2) is 6.91. The molecule has 0 unspecified atom stereocenters. The smallest absolute Gasteiger partial charge is 0.418 e. The number of nitrogens with one attached hydrogen (secondary N) is 1. The first-order chi connectivity index (χ1) is 10.8. The number of carbonyl (C=O) groups is 1. The highest BCUT2D eigenvalue weighted by atomic mass is 35.5. The van der Waals surface area contributed by atoms with Crippen LogP contribution in [0.4, 0.5) is 18.9 Å². The number of carbonyl (C=O) groups excluding carboxylic acids is 1. The fourth-order valence-electron chi connectivity index (χ4n) is 2.00. The van der Waals surface area contributed by atoms with Crippen LogP contribution in [-0.2, 0) is 6.18 Å². The highest BCUT2D eigenvalue weighted by Gasteiger charge is 2.33.